The molecule has 1 fully saturated rings. The topological polar surface area (TPSA) is 62.1 Å². The summed E-state index contributed by atoms with van der Waals surface area (Å²) < 4.78 is 7.50. The number of aromatic nitrogens is 1. The molecule has 0 bridgehead atoms. The van der Waals surface area contributed by atoms with Gasteiger partial charge in [-0.1, -0.05) is 30.3 Å². The quantitative estimate of drug-likeness (QED) is 0.595. The molecule has 1 aromatic carbocycles. The Morgan fingerprint density at radius 2 is 1.93 bits per heavy atom. The summed E-state index contributed by atoms with van der Waals surface area (Å²) in [5.41, 5.74) is 2.21. The molecular formula is C22H31N5O2. The lowest BCUT2D eigenvalue weighted by Gasteiger charge is -2.31. The summed E-state index contributed by atoms with van der Waals surface area (Å²) in [7, 11) is 5.81. The maximum Gasteiger partial charge on any atom is 0.232 e. The first-order chi connectivity index (χ1) is 14.1. The van der Waals surface area contributed by atoms with Crippen LogP contribution in [-0.4, -0.2) is 73.2 Å². The van der Waals surface area contributed by atoms with Crippen molar-refractivity contribution in [2.75, 3.05) is 46.9 Å². The predicted octanol–water partition coefficient (Wildman–Crippen LogP) is 1.67. The molecule has 3 rings (SSSR count). The van der Waals surface area contributed by atoms with Crippen LogP contribution in [0.25, 0.3) is 0 Å². The summed E-state index contributed by atoms with van der Waals surface area (Å²) in [6, 6.07) is 14.1. The fraction of sp³-hybridized carbons (Fsp3) is 0.455. The SMILES string of the molecule is CN=C(NCC(C(=O)N1CCOCC1)c1ccccc1)N(C)Cc1cccn1C. The van der Waals surface area contributed by atoms with Gasteiger partial charge in [-0.25, -0.2) is 0 Å². The zero-order valence-electron chi connectivity index (χ0n) is 17.5. The van der Waals surface area contributed by atoms with Gasteiger partial charge in [0.2, 0.25) is 5.91 Å². The van der Waals surface area contributed by atoms with Crippen molar-refractivity contribution < 1.29 is 9.53 Å². The van der Waals surface area contributed by atoms with Crippen molar-refractivity contribution >= 4 is 11.9 Å². The molecule has 1 saturated heterocycles. The third-order valence-electron chi connectivity index (χ3n) is 5.31. The number of carbonyl (C=O) groups excluding carboxylic acids is 1. The standard InChI is InChI=1S/C22H31N5O2/c1-23-22(26(3)17-19-10-7-11-25(19)2)24-16-20(18-8-5-4-6-9-18)21(28)27-12-14-29-15-13-27/h4-11,20H,12-17H2,1-3H3,(H,23,24). The number of carbonyl (C=O) groups is 1. The van der Waals surface area contributed by atoms with E-state index in [1.165, 1.54) is 5.69 Å². The number of morpholine rings is 1. The Balaban J connectivity index is 1.69. The fourth-order valence-electron chi connectivity index (χ4n) is 3.59. The lowest BCUT2D eigenvalue weighted by molar-refractivity contribution is -0.136. The molecule has 7 nitrogen and oxygen atoms in total. The molecule has 29 heavy (non-hydrogen) atoms. The first-order valence-electron chi connectivity index (χ1n) is 10.0. The van der Waals surface area contributed by atoms with E-state index in [2.05, 4.69) is 25.8 Å². The molecule has 1 amide bonds. The van der Waals surface area contributed by atoms with Crippen molar-refractivity contribution in [1.29, 1.82) is 0 Å². The van der Waals surface area contributed by atoms with Crippen LogP contribution in [0.3, 0.4) is 0 Å². The van der Waals surface area contributed by atoms with Crippen molar-refractivity contribution in [3.8, 4) is 0 Å². The molecule has 0 radical (unpaired) electrons. The van der Waals surface area contributed by atoms with E-state index in [0.29, 0.717) is 32.8 Å². The first kappa shape index (κ1) is 20.9. The molecule has 0 spiro atoms. The minimum atomic E-state index is -0.269. The van der Waals surface area contributed by atoms with Crippen LogP contribution in [0.15, 0.2) is 53.7 Å². The number of hydrogen-bond acceptors (Lipinski definition) is 3. The van der Waals surface area contributed by atoms with E-state index < -0.39 is 0 Å². The molecule has 1 aromatic heterocycles. The molecule has 0 aliphatic carbocycles. The highest BCUT2D eigenvalue weighted by Crippen LogP contribution is 2.19. The van der Waals surface area contributed by atoms with Crippen LogP contribution < -0.4 is 5.32 Å². The van der Waals surface area contributed by atoms with Gasteiger partial charge in [0, 0.05) is 52.7 Å². The average molecular weight is 398 g/mol. The Bertz CT molecular complexity index is 812. The summed E-state index contributed by atoms with van der Waals surface area (Å²) >= 11 is 0. The van der Waals surface area contributed by atoms with Gasteiger partial charge >= 0.3 is 0 Å². The summed E-state index contributed by atoms with van der Waals surface area (Å²) in [5, 5.41) is 3.41. The number of nitrogens with zero attached hydrogens (tertiary/aromatic N) is 4. The third kappa shape index (κ3) is 5.38. The van der Waals surface area contributed by atoms with Crippen molar-refractivity contribution in [2.45, 2.75) is 12.5 Å². The van der Waals surface area contributed by atoms with Gasteiger partial charge in [-0.3, -0.25) is 9.79 Å². The van der Waals surface area contributed by atoms with Gasteiger partial charge in [-0.2, -0.15) is 0 Å². The number of aryl methyl sites for hydroxylation is 1. The molecule has 1 N–H and O–H groups in total. The Hall–Kier alpha value is -2.80. The van der Waals surface area contributed by atoms with Gasteiger partial charge in [-0.15, -0.1) is 0 Å². The summed E-state index contributed by atoms with van der Waals surface area (Å²) in [5.74, 6) is 0.629. The number of rotatable bonds is 6. The molecular weight excluding hydrogens is 366 g/mol. The Kier molecular flexibility index (Phi) is 7.30. The highest BCUT2D eigenvalue weighted by molar-refractivity contribution is 5.86. The van der Waals surface area contributed by atoms with Gasteiger partial charge in [0.25, 0.3) is 0 Å². The smallest absolute Gasteiger partial charge is 0.232 e. The second kappa shape index (κ2) is 10.1. The normalized spacial score (nSPS) is 15.8. The zero-order chi connectivity index (χ0) is 20.6. The Labute approximate surface area is 173 Å². The van der Waals surface area contributed by atoms with E-state index in [-0.39, 0.29) is 11.8 Å². The fourth-order valence-corrected chi connectivity index (χ4v) is 3.59. The lowest BCUT2D eigenvalue weighted by Crippen LogP contribution is -2.47. The van der Waals surface area contributed by atoms with Crippen LogP contribution in [0.5, 0.6) is 0 Å². The molecule has 7 heteroatoms. The average Bonchev–Trinajstić information content (AvgIpc) is 3.16. The van der Waals surface area contributed by atoms with Crippen molar-refractivity contribution in [1.82, 2.24) is 19.7 Å². The molecule has 1 aliphatic rings. The van der Waals surface area contributed by atoms with Crippen LogP contribution in [0.2, 0.25) is 0 Å². The number of amides is 1. The van der Waals surface area contributed by atoms with Crippen molar-refractivity contribution in [3.63, 3.8) is 0 Å². The first-order valence-corrected chi connectivity index (χ1v) is 10.0. The highest BCUT2D eigenvalue weighted by Gasteiger charge is 2.27. The van der Waals surface area contributed by atoms with Gasteiger partial charge < -0.3 is 24.4 Å². The summed E-state index contributed by atoms with van der Waals surface area (Å²) in [6.45, 7) is 3.71. The second-order valence-electron chi connectivity index (χ2n) is 7.30. The number of aliphatic imine (C=N–C) groups is 1. The molecule has 156 valence electrons. The second-order valence-corrected chi connectivity index (χ2v) is 7.30. The van der Waals surface area contributed by atoms with Crippen LogP contribution in [-0.2, 0) is 23.1 Å². The Morgan fingerprint density at radius 1 is 1.21 bits per heavy atom. The molecule has 1 aliphatic heterocycles. The number of nitrogens with one attached hydrogen (secondary N) is 1. The van der Waals surface area contributed by atoms with E-state index in [1.54, 1.807) is 7.05 Å². The monoisotopic (exact) mass is 397 g/mol. The predicted molar refractivity (Wildman–Crippen MR) is 115 cm³/mol. The van der Waals surface area contributed by atoms with Gasteiger partial charge in [0.15, 0.2) is 5.96 Å². The minimum Gasteiger partial charge on any atom is -0.378 e. The van der Waals surface area contributed by atoms with Crippen molar-refractivity contribution in [3.05, 3.63) is 59.9 Å². The molecule has 2 heterocycles. The zero-order valence-corrected chi connectivity index (χ0v) is 17.5. The minimum absolute atomic E-state index is 0.132. The van der Waals surface area contributed by atoms with E-state index >= 15 is 0 Å². The van der Waals surface area contributed by atoms with E-state index in [9.17, 15) is 4.79 Å². The summed E-state index contributed by atoms with van der Waals surface area (Å²) in [6.07, 6.45) is 2.03. The molecule has 1 atom stereocenters. The van der Waals surface area contributed by atoms with E-state index in [0.717, 1.165) is 18.1 Å². The number of benzene rings is 1. The third-order valence-corrected chi connectivity index (χ3v) is 5.31. The number of ether oxygens (including phenoxy) is 1. The van der Waals surface area contributed by atoms with Crippen LogP contribution in [0, 0.1) is 0 Å². The van der Waals surface area contributed by atoms with Crippen LogP contribution >= 0.6 is 0 Å². The van der Waals surface area contributed by atoms with Gasteiger partial charge in [0.1, 0.15) is 0 Å². The highest BCUT2D eigenvalue weighted by atomic mass is 16.5. The molecule has 1 unspecified atom stereocenters. The van der Waals surface area contributed by atoms with Crippen LogP contribution in [0.4, 0.5) is 0 Å². The maximum absolute atomic E-state index is 13.2. The van der Waals surface area contributed by atoms with Crippen LogP contribution in [0.1, 0.15) is 17.2 Å². The van der Waals surface area contributed by atoms with Crippen molar-refractivity contribution in [2.24, 2.45) is 12.0 Å². The van der Waals surface area contributed by atoms with E-state index in [4.69, 9.17) is 4.74 Å². The van der Waals surface area contributed by atoms with Gasteiger partial charge in [0.05, 0.1) is 25.7 Å². The molecule has 0 saturated carbocycles. The lowest BCUT2D eigenvalue weighted by atomic mass is 9.97. The number of guanidine groups is 1. The summed E-state index contributed by atoms with van der Waals surface area (Å²) in [4.78, 5) is 21.6. The maximum atomic E-state index is 13.2. The largest absolute Gasteiger partial charge is 0.378 e. The number of hydrogen-bond donors (Lipinski definition) is 1. The van der Waals surface area contributed by atoms with Gasteiger partial charge in [-0.05, 0) is 17.7 Å². The Morgan fingerprint density at radius 3 is 2.55 bits per heavy atom. The molecule has 2 aromatic rings. The van der Waals surface area contributed by atoms with E-state index in [1.807, 2.05) is 61.6 Å².